The van der Waals surface area contributed by atoms with Gasteiger partial charge < -0.3 is 10.1 Å². The first-order chi connectivity index (χ1) is 10.4. The average molecular weight is 293 g/mol. The molecule has 0 aromatic carbocycles. The van der Waals surface area contributed by atoms with Gasteiger partial charge in [0.05, 0.1) is 6.61 Å². The zero-order chi connectivity index (χ0) is 14.8. The van der Waals surface area contributed by atoms with Gasteiger partial charge in [0.15, 0.2) is 5.88 Å². The van der Waals surface area contributed by atoms with E-state index >= 15 is 0 Å². The maximum atomic E-state index is 6.10. The van der Waals surface area contributed by atoms with Crippen LogP contribution >= 0.6 is 0 Å². The van der Waals surface area contributed by atoms with Gasteiger partial charge in [-0.2, -0.15) is 0 Å². The highest BCUT2D eigenvalue weighted by Gasteiger charge is 2.17. The highest BCUT2D eigenvalue weighted by atomic mass is 16.5. The maximum Gasteiger partial charge on any atom is 0.182 e. The van der Waals surface area contributed by atoms with Crippen molar-refractivity contribution in [2.45, 2.75) is 96.4 Å². The van der Waals surface area contributed by atoms with E-state index in [1.165, 1.54) is 83.5 Å². The minimum Gasteiger partial charge on any atom is -0.479 e. The molecular weight excluding hydrogens is 258 g/mol. The molecule has 21 heavy (non-hydrogen) atoms. The predicted molar refractivity (Wildman–Crippen MR) is 90.1 cm³/mol. The van der Waals surface area contributed by atoms with Crippen LogP contribution in [0.5, 0.6) is 0 Å². The third-order valence-electron chi connectivity index (χ3n) is 4.99. The first kappa shape index (κ1) is 16.7. The summed E-state index contributed by atoms with van der Waals surface area (Å²) in [4.78, 5) is 0. The molecule has 2 heteroatoms. The van der Waals surface area contributed by atoms with Crippen molar-refractivity contribution in [2.24, 2.45) is 5.92 Å². The van der Waals surface area contributed by atoms with Crippen LogP contribution in [0.4, 0.5) is 0 Å². The van der Waals surface area contributed by atoms with E-state index in [0.29, 0.717) is 6.04 Å². The van der Waals surface area contributed by atoms with Gasteiger partial charge in [0.1, 0.15) is 0 Å². The van der Waals surface area contributed by atoms with E-state index in [1.54, 1.807) is 0 Å². The number of ether oxygens (including phenoxy) is 1. The Hall–Kier alpha value is -0.660. The molecule has 2 aliphatic rings. The van der Waals surface area contributed by atoms with E-state index < -0.39 is 0 Å². The smallest absolute Gasteiger partial charge is 0.182 e. The molecule has 122 valence electrons. The summed E-state index contributed by atoms with van der Waals surface area (Å²) >= 11 is 0. The third kappa shape index (κ3) is 6.76. The van der Waals surface area contributed by atoms with Crippen LogP contribution < -0.4 is 5.32 Å². The van der Waals surface area contributed by atoms with Crippen LogP contribution in [-0.4, -0.2) is 12.6 Å². The number of unbranched alkanes of at least 4 members (excludes halogenated alkanes) is 2. The second-order valence-corrected chi connectivity index (χ2v) is 6.96. The quantitative estimate of drug-likeness (QED) is 0.469. The van der Waals surface area contributed by atoms with E-state index in [0.717, 1.165) is 18.4 Å². The molecule has 2 nitrogen and oxygen atoms in total. The van der Waals surface area contributed by atoms with Crippen molar-refractivity contribution in [2.75, 3.05) is 6.61 Å². The molecule has 2 fully saturated rings. The summed E-state index contributed by atoms with van der Waals surface area (Å²) in [6.45, 7) is 3.13. The fourth-order valence-electron chi connectivity index (χ4n) is 3.64. The summed E-state index contributed by atoms with van der Waals surface area (Å²) in [5.74, 6) is 1.85. The molecule has 0 radical (unpaired) electrons. The molecule has 1 N–H and O–H groups in total. The first-order valence-corrected chi connectivity index (χ1v) is 9.49. The molecule has 0 amide bonds. The summed E-state index contributed by atoms with van der Waals surface area (Å²) in [5.41, 5.74) is 0. The van der Waals surface area contributed by atoms with Gasteiger partial charge in [-0.05, 0) is 44.1 Å². The number of allylic oxidation sites excluding steroid dienone is 1. The number of hydrogen-bond donors (Lipinski definition) is 1. The van der Waals surface area contributed by atoms with Crippen LogP contribution in [0.2, 0.25) is 0 Å². The van der Waals surface area contributed by atoms with Gasteiger partial charge in [-0.15, -0.1) is 0 Å². The molecule has 0 aromatic rings. The Morgan fingerprint density at radius 2 is 1.62 bits per heavy atom. The minimum atomic E-state index is 0.653. The fourth-order valence-corrected chi connectivity index (χ4v) is 3.64. The van der Waals surface area contributed by atoms with Crippen LogP contribution in [0.15, 0.2) is 12.0 Å². The number of rotatable bonds is 8. The van der Waals surface area contributed by atoms with Crippen molar-refractivity contribution in [1.82, 2.24) is 5.32 Å². The van der Waals surface area contributed by atoms with E-state index in [1.807, 2.05) is 0 Å². The Kier molecular flexibility index (Phi) is 8.06. The lowest BCUT2D eigenvalue weighted by Crippen LogP contribution is -2.32. The third-order valence-corrected chi connectivity index (χ3v) is 4.99. The maximum absolute atomic E-state index is 6.10. The topological polar surface area (TPSA) is 21.3 Å². The van der Waals surface area contributed by atoms with Crippen LogP contribution in [0.1, 0.15) is 90.4 Å². The first-order valence-electron chi connectivity index (χ1n) is 9.49. The molecule has 0 saturated heterocycles. The SMILES string of the molecule is CCCCCO/C(=C\C1CCCCC1)NC1CCCCC1. The zero-order valence-corrected chi connectivity index (χ0v) is 14.0. The summed E-state index contributed by atoms with van der Waals surface area (Å²) in [6.07, 6.45) is 19.9. The van der Waals surface area contributed by atoms with E-state index in [2.05, 4.69) is 18.3 Å². The lowest BCUT2D eigenvalue weighted by atomic mass is 9.89. The molecule has 2 saturated carbocycles. The molecular formula is C19H35NO. The largest absolute Gasteiger partial charge is 0.479 e. The average Bonchev–Trinajstić information content (AvgIpc) is 2.53. The van der Waals surface area contributed by atoms with Gasteiger partial charge in [-0.1, -0.05) is 58.3 Å². The van der Waals surface area contributed by atoms with Crippen molar-refractivity contribution >= 4 is 0 Å². The highest BCUT2D eigenvalue weighted by Crippen LogP contribution is 2.26. The van der Waals surface area contributed by atoms with Crippen molar-refractivity contribution in [3.63, 3.8) is 0 Å². The van der Waals surface area contributed by atoms with Crippen LogP contribution in [0, 0.1) is 5.92 Å². The number of nitrogens with one attached hydrogen (secondary N) is 1. The van der Waals surface area contributed by atoms with Gasteiger partial charge in [-0.25, -0.2) is 0 Å². The van der Waals surface area contributed by atoms with Crippen molar-refractivity contribution in [1.29, 1.82) is 0 Å². The molecule has 0 bridgehead atoms. The molecule has 0 unspecified atom stereocenters. The van der Waals surface area contributed by atoms with Crippen LogP contribution in [0.3, 0.4) is 0 Å². The molecule has 2 rings (SSSR count). The molecule has 2 aliphatic carbocycles. The van der Waals surface area contributed by atoms with Gasteiger partial charge in [0, 0.05) is 6.04 Å². The summed E-state index contributed by atoms with van der Waals surface area (Å²) in [7, 11) is 0. The standard InChI is InChI=1S/C19H35NO/c1-2-3-10-15-21-19(16-17-11-6-4-7-12-17)20-18-13-8-5-9-14-18/h16-18,20H,2-15H2,1H3/b19-16-. The van der Waals surface area contributed by atoms with Gasteiger partial charge >= 0.3 is 0 Å². The van der Waals surface area contributed by atoms with Crippen LogP contribution in [-0.2, 0) is 4.74 Å². The normalized spacial score (nSPS) is 22.2. The van der Waals surface area contributed by atoms with Crippen molar-refractivity contribution in [3.05, 3.63) is 12.0 Å². The summed E-state index contributed by atoms with van der Waals surface area (Å²) < 4.78 is 6.10. The van der Waals surface area contributed by atoms with Crippen LogP contribution in [0.25, 0.3) is 0 Å². The molecule has 0 aliphatic heterocycles. The highest BCUT2D eigenvalue weighted by molar-refractivity contribution is 4.98. The second kappa shape index (κ2) is 10.1. The Balaban J connectivity index is 1.83. The zero-order valence-electron chi connectivity index (χ0n) is 14.0. The molecule has 0 atom stereocenters. The Bertz CT molecular complexity index is 288. The van der Waals surface area contributed by atoms with Gasteiger partial charge in [0.25, 0.3) is 0 Å². The lowest BCUT2D eigenvalue weighted by Gasteiger charge is -2.27. The fraction of sp³-hybridized carbons (Fsp3) is 0.895. The molecule has 0 spiro atoms. The van der Waals surface area contributed by atoms with E-state index in [4.69, 9.17) is 4.74 Å². The van der Waals surface area contributed by atoms with E-state index in [9.17, 15) is 0 Å². The van der Waals surface area contributed by atoms with Crippen molar-refractivity contribution < 1.29 is 4.74 Å². The Morgan fingerprint density at radius 1 is 0.952 bits per heavy atom. The van der Waals surface area contributed by atoms with Gasteiger partial charge in [0.2, 0.25) is 0 Å². The minimum absolute atomic E-state index is 0.653. The van der Waals surface area contributed by atoms with Crippen molar-refractivity contribution in [3.8, 4) is 0 Å². The Labute approximate surface area is 131 Å². The molecule has 0 aromatic heterocycles. The summed E-state index contributed by atoms with van der Waals surface area (Å²) in [6, 6.07) is 0.653. The van der Waals surface area contributed by atoms with Gasteiger partial charge in [-0.3, -0.25) is 0 Å². The summed E-state index contributed by atoms with van der Waals surface area (Å²) in [5, 5.41) is 3.72. The monoisotopic (exact) mass is 293 g/mol. The number of hydrogen-bond acceptors (Lipinski definition) is 2. The molecule has 0 heterocycles. The second-order valence-electron chi connectivity index (χ2n) is 6.96. The Morgan fingerprint density at radius 3 is 2.29 bits per heavy atom. The van der Waals surface area contributed by atoms with E-state index in [-0.39, 0.29) is 0 Å². The lowest BCUT2D eigenvalue weighted by molar-refractivity contribution is 0.167. The predicted octanol–water partition coefficient (Wildman–Crippen LogP) is 5.54.